The summed E-state index contributed by atoms with van der Waals surface area (Å²) in [5.41, 5.74) is 0.917. The van der Waals surface area contributed by atoms with Crippen molar-refractivity contribution in [3.05, 3.63) is 35.6 Å². The Morgan fingerprint density at radius 1 is 1.39 bits per heavy atom. The number of hydrogen-bond donors (Lipinski definition) is 0. The highest BCUT2D eigenvalue weighted by atomic mass is 32.2. The molecule has 6 heteroatoms. The van der Waals surface area contributed by atoms with Crippen molar-refractivity contribution in [2.24, 2.45) is 0 Å². The standard InChI is InChI=1S/C17H23FN2O2S/c1-4-15(21)19(12(2)3)9-10-20-16(22)11-23-17(20)13-5-7-14(18)8-6-13/h5-8,12,17H,4,9-11H2,1-3H3/t17-/m1/s1. The van der Waals surface area contributed by atoms with E-state index >= 15 is 0 Å². The zero-order chi connectivity index (χ0) is 17.0. The van der Waals surface area contributed by atoms with E-state index in [1.165, 1.54) is 12.1 Å². The zero-order valence-corrected chi connectivity index (χ0v) is 14.6. The smallest absolute Gasteiger partial charge is 0.233 e. The van der Waals surface area contributed by atoms with Crippen LogP contribution in [0.15, 0.2) is 24.3 Å². The van der Waals surface area contributed by atoms with Crippen molar-refractivity contribution in [2.45, 2.75) is 38.6 Å². The predicted octanol–water partition coefficient (Wildman–Crippen LogP) is 3.05. The number of thioether (sulfide) groups is 1. The first-order chi connectivity index (χ1) is 10.9. The van der Waals surface area contributed by atoms with E-state index in [-0.39, 0.29) is 29.0 Å². The fraction of sp³-hybridized carbons (Fsp3) is 0.529. The molecule has 1 saturated heterocycles. The highest BCUT2D eigenvalue weighted by Gasteiger charge is 2.33. The van der Waals surface area contributed by atoms with E-state index in [9.17, 15) is 14.0 Å². The minimum Gasteiger partial charge on any atom is -0.339 e. The molecule has 1 aromatic carbocycles. The van der Waals surface area contributed by atoms with E-state index in [0.29, 0.717) is 25.3 Å². The lowest BCUT2D eigenvalue weighted by molar-refractivity contribution is -0.135. The summed E-state index contributed by atoms with van der Waals surface area (Å²) in [6, 6.07) is 6.37. The lowest BCUT2D eigenvalue weighted by atomic mass is 10.2. The average Bonchev–Trinajstić information content (AvgIpc) is 2.89. The number of amides is 2. The molecule has 126 valence electrons. The van der Waals surface area contributed by atoms with Crippen molar-refractivity contribution in [3.8, 4) is 0 Å². The largest absolute Gasteiger partial charge is 0.339 e. The van der Waals surface area contributed by atoms with Crippen molar-refractivity contribution >= 4 is 23.6 Å². The molecule has 0 aromatic heterocycles. The maximum Gasteiger partial charge on any atom is 0.233 e. The third-order valence-corrected chi connectivity index (χ3v) is 5.21. The Hall–Kier alpha value is -1.56. The van der Waals surface area contributed by atoms with Crippen LogP contribution < -0.4 is 0 Å². The molecule has 0 saturated carbocycles. The summed E-state index contributed by atoms with van der Waals surface area (Å²) < 4.78 is 13.1. The van der Waals surface area contributed by atoms with Gasteiger partial charge in [-0.1, -0.05) is 19.1 Å². The number of nitrogens with zero attached hydrogens (tertiary/aromatic N) is 2. The Kier molecular flexibility index (Phi) is 6.04. The molecule has 0 spiro atoms. The highest BCUT2D eigenvalue weighted by molar-refractivity contribution is 8.00. The number of carbonyl (C=O) groups is 2. The summed E-state index contributed by atoms with van der Waals surface area (Å²) in [6.45, 7) is 6.82. The monoisotopic (exact) mass is 338 g/mol. The van der Waals surface area contributed by atoms with Crippen molar-refractivity contribution in [2.75, 3.05) is 18.8 Å². The fourth-order valence-electron chi connectivity index (χ4n) is 2.69. The van der Waals surface area contributed by atoms with Crippen LogP contribution in [0.25, 0.3) is 0 Å². The van der Waals surface area contributed by atoms with Crippen molar-refractivity contribution < 1.29 is 14.0 Å². The lowest BCUT2D eigenvalue weighted by Crippen LogP contribution is -2.43. The van der Waals surface area contributed by atoms with Gasteiger partial charge in [0.2, 0.25) is 11.8 Å². The summed E-state index contributed by atoms with van der Waals surface area (Å²) >= 11 is 1.54. The summed E-state index contributed by atoms with van der Waals surface area (Å²) in [5, 5.41) is -0.103. The van der Waals surface area contributed by atoms with E-state index < -0.39 is 0 Å². The highest BCUT2D eigenvalue weighted by Crippen LogP contribution is 2.38. The van der Waals surface area contributed by atoms with Crippen LogP contribution in [0.5, 0.6) is 0 Å². The molecule has 1 aromatic rings. The molecule has 1 fully saturated rings. The summed E-state index contributed by atoms with van der Waals surface area (Å²) in [7, 11) is 0. The van der Waals surface area contributed by atoms with Gasteiger partial charge in [-0.05, 0) is 31.5 Å². The lowest BCUT2D eigenvalue weighted by Gasteiger charge is -2.31. The second kappa shape index (κ2) is 7.81. The van der Waals surface area contributed by atoms with Gasteiger partial charge >= 0.3 is 0 Å². The molecular weight excluding hydrogens is 315 g/mol. The molecule has 2 amide bonds. The van der Waals surface area contributed by atoms with Crippen molar-refractivity contribution in [3.63, 3.8) is 0 Å². The Balaban J connectivity index is 2.08. The molecule has 23 heavy (non-hydrogen) atoms. The van der Waals surface area contributed by atoms with Gasteiger partial charge in [0, 0.05) is 25.6 Å². The molecule has 0 N–H and O–H groups in total. The van der Waals surface area contributed by atoms with Crippen LogP contribution in [-0.2, 0) is 9.59 Å². The van der Waals surface area contributed by atoms with Crippen molar-refractivity contribution in [1.82, 2.24) is 9.80 Å². The van der Waals surface area contributed by atoms with Gasteiger partial charge < -0.3 is 9.80 Å². The van der Waals surface area contributed by atoms with Crippen LogP contribution >= 0.6 is 11.8 Å². The number of benzene rings is 1. The van der Waals surface area contributed by atoms with Gasteiger partial charge in [-0.15, -0.1) is 11.8 Å². The van der Waals surface area contributed by atoms with Gasteiger partial charge in [0.05, 0.1) is 5.75 Å². The molecule has 1 atom stereocenters. The summed E-state index contributed by atoms with van der Waals surface area (Å²) in [5.74, 6) is 0.301. The fourth-order valence-corrected chi connectivity index (χ4v) is 3.91. The van der Waals surface area contributed by atoms with Gasteiger partial charge in [0.25, 0.3) is 0 Å². The van der Waals surface area contributed by atoms with Gasteiger partial charge in [-0.3, -0.25) is 9.59 Å². The van der Waals surface area contributed by atoms with Crippen LogP contribution in [-0.4, -0.2) is 46.5 Å². The second-order valence-corrected chi connectivity index (χ2v) is 6.91. The van der Waals surface area contributed by atoms with Gasteiger partial charge in [0.15, 0.2) is 0 Å². The summed E-state index contributed by atoms with van der Waals surface area (Å²) in [6.07, 6.45) is 0.461. The van der Waals surface area contributed by atoms with Gasteiger partial charge in [-0.25, -0.2) is 4.39 Å². The first-order valence-corrected chi connectivity index (χ1v) is 8.95. The number of hydrogen-bond acceptors (Lipinski definition) is 3. The molecule has 1 heterocycles. The first-order valence-electron chi connectivity index (χ1n) is 7.90. The predicted molar refractivity (Wildman–Crippen MR) is 90.5 cm³/mol. The minimum atomic E-state index is -0.283. The third-order valence-electron chi connectivity index (χ3n) is 3.95. The molecular formula is C17H23FN2O2S. The van der Waals surface area contributed by atoms with Crippen LogP contribution in [0.3, 0.4) is 0 Å². The minimum absolute atomic E-state index is 0.0666. The number of rotatable bonds is 6. The van der Waals surface area contributed by atoms with Crippen LogP contribution in [0, 0.1) is 5.82 Å². The normalized spacial score (nSPS) is 17.9. The van der Waals surface area contributed by atoms with E-state index in [1.807, 2.05) is 20.8 Å². The maximum absolute atomic E-state index is 13.1. The van der Waals surface area contributed by atoms with E-state index in [4.69, 9.17) is 0 Å². The number of halogens is 1. The van der Waals surface area contributed by atoms with Gasteiger partial charge in [0.1, 0.15) is 11.2 Å². The molecule has 0 unspecified atom stereocenters. The van der Waals surface area contributed by atoms with Crippen LogP contribution in [0.1, 0.15) is 38.1 Å². The molecule has 2 rings (SSSR count). The molecule has 1 aliphatic heterocycles. The molecule has 1 aliphatic rings. The quantitative estimate of drug-likeness (QED) is 0.800. The second-order valence-electron chi connectivity index (χ2n) is 5.84. The average molecular weight is 338 g/mol. The number of carbonyl (C=O) groups excluding carboxylic acids is 2. The van der Waals surface area contributed by atoms with Crippen LogP contribution in [0.2, 0.25) is 0 Å². The first kappa shape index (κ1) is 17.8. The Morgan fingerprint density at radius 2 is 2.04 bits per heavy atom. The molecule has 0 bridgehead atoms. The third kappa shape index (κ3) is 4.25. The molecule has 0 aliphatic carbocycles. The Bertz CT molecular complexity index is 562. The Labute approximate surface area is 141 Å². The van der Waals surface area contributed by atoms with Gasteiger partial charge in [-0.2, -0.15) is 0 Å². The zero-order valence-electron chi connectivity index (χ0n) is 13.8. The SMILES string of the molecule is CCC(=O)N(CCN1C(=O)CS[C@@H]1c1ccc(F)cc1)C(C)C. The van der Waals surface area contributed by atoms with E-state index in [1.54, 1.807) is 33.7 Å². The maximum atomic E-state index is 13.1. The van der Waals surface area contributed by atoms with E-state index in [2.05, 4.69) is 0 Å². The van der Waals surface area contributed by atoms with E-state index in [0.717, 1.165) is 5.56 Å². The molecule has 0 radical (unpaired) electrons. The summed E-state index contributed by atoms with van der Waals surface area (Å²) in [4.78, 5) is 27.8. The topological polar surface area (TPSA) is 40.6 Å². The van der Waals surface area contributed by atoms with Crippen LogP contribution in [0.4, 0.5) is 4.39 Å². The van der Waals surface area contributed by atoms with Crippen molar-refractivity contribution in [1.29, 1.82) is 0 Å². The Morgan fingerprint density at radius 3 is 2.61 bits per heavy atom. The molecule has 4 nitrogen and oxygen atoms in total.